The average Bonchev–Trinajstić information content (AvgIpc) is 3.04. The molecule has 0 aliphatic rings. The summed E-state index contributed by atoms with van der Waals surface area (Å²) in [5.74, 6) is -1.11. The number of amides is 1. The fourth-order valence-electron chi connectivity index (χ4n) is 2.77. The van der Waals surface area contributed by atoms with Crippen LogP contribution in [-0.4, -0.2) is 22.3 Å². The van der Waals surface area contributed by atoms with Gasteiger partial charge in [-0.1, -0.05) is 12.1 Å². The zero-order valence-corrected chi connectivity index (χ0v) is 15.5. The first kappa shape index (κ1) is 20.4. The molecule has 5 nitrogen and oxygen atoms in total. The molecule has 3 rings (SSSR count). The van der Waals surface area contributed by atoms with Crippen LogP contribution in [0.4, 0.5) is 23.2 Å². The SMILES string of the molecule is CCOc1ccc(C(F)(F)F)cc1NC(=O)c1cnn(-c2ccccc2F)c1C. The smallest absolute Gasteiger partial charge is 0.416 e. The number of halogens is 4. The van der Waals surface area contributed by atoms with E-state index in [2.05, 4.69) is 10.4 Å². The molecule has 0 spiro atoms. The highest BCUT2D eigenvalue weighted by molar-refractivity contribution is 6.05. The van der Waals surface area contributed by atoms with Gasteiger partial charge in [-0.15, -0.1) is 0 Å². The summed E-state index contributed by atoms with van der Waals surface area (Å²) in [7, 11) is 0. The Balaban J connectivity index is 1.94. The number of nitrogens with one attached hydrogen (secondary N) is 1. The largest absolute Gasteiger partial charge is 0.492 e. The number of nitrogens with zero attached hydrogens (tertiary/aromatic N) is 2. The Kier molecular flexibility index (Phi) is 5.58. The first-order chi connectivity index (χ1) is 13.7. The number of carbonyl (C=O) groups is 1. The molecular weight excluding hydrogens is 390 g/mol. The number of ether oxygens (including phenoxy) is 1. The molecule has 0 radical (unpaired) electrons. The van der Waals surface area contributed by atoms with Gasteiger partial charge in [-0.25, -0.2) is 9.07 Å². The van der Waals surface area contributed by atoms with Crippen LogP contribution in [-0.2, 0) is 6.18 Å². The average molecular weight is 407 g/mol. The second-order valence-corrected chi connectivity index (χ2v) is 6.10. The molecule has 9 heteroatoms. The van der Waals surface area contributed by atoms with Gasteiger partial charge < -0.3 is 10.1 Å². The number of rotatable bonds is 5. The molecule has 0 atom stereocenters. The van der Waals surface area contributed by atoms with Gasteiger partial charge in [0.25, 0.3) is 5.91 Å². The van der Waals surface area contributed by atoms with Crippen LogP contribution in [0.3, 0.4) is 0 Å². The van der Waals surface area contributed by atoms with E-state index < -0.39 is 23.5 Å². The van der Waals surface area contributed by atoms with E-state index in [0.717, 1.165) is 18.2 Å². The van der Waals surface area contributed by atoms with E-state index in [9.17, 15) is 22.4 Å². The Morgan fingerprint density at radius 3 is 2.59 bits per heavy atom. The molecule has 152 valence electrons. The van der Waals surface area contributed by atoms with Gasteiger partial charge in [0.15, 0.2) is 0 Å². The van der Waals surface area contributed by atoms with E-state index >= 15 is 0 Å². The second-order valence-electron chi connectivity index (χ2n) is 6.10. The number of carbonyl (C=O) groups excluding carboxylic acids is 1. The lowest BCUT2D eigenvalue weighted by molar-refractivity contribution is -0.137. The molecule has 29 heavy (non-hydrogen) atoms. The summed E-state index contributed by atoms with van der Waals surface area (Å²) in [5, 5.41) is 6.46. The lowest BCUT2D eigenvalue weighted by atomic mass is 10.1. The van der Waals surface area contributed by atoms with Crippen LogP contribution < -0.4 is 10.1 Å². The molecule has 1 N–H and O–H groups in total. The van der Waals surface area contributed by atoms with E-state index in [4.69, 9.17) is 4.74 Å². The fraction of sp³-hybridized carbons (Fsp3) is 0.200. The molecule has 0 saturated carbocycles. The molecule has 2 aromatic carbocycles. The summed E-state index contributed by atoms with van der Waals surface area (Å²) in [4.78, 5) is 12.7. The summed E-state index contributed by atoms with van der Waals surface area (Å²) < 4.78 is 59.7. The van der Waals surface area contributed by atoms with Gasteiger partial charge in [0.1, 0.15) is 17.3 Å². The fourth-order valence-corrected chi connectivity index (χ4v) is 2.77. The van der Waals surface area contributed by atoms with Crippen LogP contribution >= 0.6 is 0 Å². The maximum absolute atomic E-state index is 14.0. The van der Waals surface area contributed by atoms with Gasteiger partial charge in [0, 0.05) is 0 Å². The van der Waals surface area contributed by atoms with Crippen molar-refractivity contribution in [2.75, 3.05) is 11.9 Å². The zero-order valence-electron chi connectivity index (χ0n) is 15.5. The van der Waals surface area contributed by atoms with Crippen LogP contribution in [0.5, 0.6) is 5.75 Å². The molecule has 0 aliphatic carbocycles. The molecular formula is C20H17F4N3O2. The quantitative estimate of drug-likeness (QED) is 0.607. The van der Waals surface area contributed by atoms with Crippen molar-refractivity contribution in [3.63, 3.8) is 0 Å². The van der Waals surface area contributed by atoms with Gasteiger partial charge in [0.2, 0.25) is 0 Å². The topological polar surface area (TPSA) is 56.1 Å². The standard InChI is InChI=1S/C20H17F4N3O2/c1-3-29-18-9-8-13(20(22,23)24)10-16(18)26-19(28)14-11-25-27(12(14)2)17-7-5-4-6-15(17)21/h4-11H,3H2,1-2H3,(H,26,28). The van der Waals surface area contributed by atoms with Gasteiger partial charge in [-0.3, -0.25) is 4.79 Å². The second kappa shape index (κ2) is 7.94. The predicted octanol–water partition coefficient (Wildman–Crippen LogP) is 4.99. The van der Waals surface area contributed by atoms with Crippen molar-refractivity contribution in [1.82, 2.24) is 9.78 Å². The first-order valence-corrected chi connectivity index (χ1v) is 8.67. The molecule has 1 amide bonds. The molecule has 3 aromatic rings. The van der Waals surface area contributed by atoms with E-state index in [1.54, 1.807) is 19.9 Å². The van der Waals surface area contributed by atoms with Crippen LogP contribution in [0.2, 0.25) is 0 Å². The Bertz CT molecular complexity index is 1040. The number of anilines is 1. The van der Waals surface area contributed by atoms with Gasteiger partial charge in [-0.2, -0.15) is 18.3 Å². The number of alkyl halides is 3. The lowest BCUT2D eigenvalue weighted by Crippen LogP contribution is -2.15. The monoisotopic (exact) mass is 407 g/mol. The van der Waals surface area contributed by atoms with Crippen molar-refractivity contribution >= 4 is 11.6 Å². The summed E-state index contributed by atoms with van der Waals surface area (Å²) in [6.07, 6.45) is -3.35. The molecule has 0 fully saturated rings. The zero-order chi connectivity index (χ0) is 21.2. The normalized spacial score (nSPS) is 11.4. The van der Waals surface area contributed by atoms with E-state index in [1.165, 1.54) is 29.1 Å². The Labute approximate surface area is 163 Å². The van der Waals surface area contributed by atoms with E-state index in [-0.39, 0.29) is 29.3 Å². The highest BCUT2D eigenvalue weighted by Gasteiger charge is 2.31. The van der Waals surface area contributed by atoms with Crippen LogP contribution in [0, 0.1) is 12.7 Å². The predicted molar refractivity (Wildman–Crippen MR) is 98.8 cm³/mol. The van der Waals surface area contributed by atoms with E-state index in [0.29, 0.717) is 5.69 Å². The molecule has 0 bridgehead atoms. The van der Waals surface area contributed by atoms with Crippen molar-refractivity contribution in [3.8, 4) is 11.4 Å². The van der Waals surface area contributed by atoms with Crippen molar-refractivity contribution in [1.29, 1.82) is 0 Å². The Hall–Kier alpha value is -3.36. The molecule has 1 aromatic heterocycles. The number of hydrogen-bond acceptors (Lipinski definition) is 3. The Morgan fingerprint density at radius 1 is 1.21 bits per heavy atom. The minimum Gasteiger partial charge on any atom is -0.492 e. The summed E-state index contributed by atoms with van der Waals surface area (Å²) >= 11 is 0. The summed E-state index contributed by atoms with van der Waals surface area (Å²) in [6.45, 7) is 3.44. The van der Waals surface area contributed by atoms with Crippen molar-refractivity contribution < 1.29 is 27.1 Å². The van der Waals surface area contributed by atoms with Gasteiger partial charge in [0.05, 0.1) is 35.3 Å². The van der Waals surface area contributed by atoms with Crippen molar-refractivity contribution in [2.45, 2.75) is 20.0 Å². The number of aromatic nitrogens is 2. The van der Waals surface area contributed by atoms with Crippen molar-refractivity contribution in [3.05, 3.63) is 71.3 Å². The third-order valence-corrected chi connectivity index (χ3v) is 4.19. The number of para-hydroxylation sites is 1. The summed E-state index contributed by atoms with van der Waals surface area (Å²) in [5.41, 5.74) is -0.469. The Morgan fingerprint density at radius 2 is 1.93 bits per heavy atom. The van der Waals surface area contributed by atoms with Crippen LogP contribution in [0.25, 0.3) is 5.69 Å². The molecule has 1 heterocycles. The number of benzene rings is 2. The van der Waals surface area contributed by atoms with Crippen LogP contribution in [0.1, 0.15) is 28.5 Å². The third-order valence-electron chi connectivity index (χ3n) is 4.19. The minimum atomic E-state index is -4.57. The first-order valence-electron chi connectivity index (χ1n) is 8.67. The molecule has 0 saturated heterocycles. The minimum absolute atomic E-state index is 0.0908. The lowest BCUT2D eigenvalue weighted by Gasteiger charge is -2.14. The van der Waals surface area contributed by atoms with Crippen LogP contribution in [0.15, 0.2) is 48.7 Å². The maximum atomic E-state index is 14.0. The third kappa shape index (κ3) is 4.23. The van der Waals surface area contributed by atoms with E-state index in [1.807, 2.05) is 0 Å². The number of hydrogen-bond donors (Lipinski definition) is 1. The highest BCUT2D eigenvalue weighted by atomic mass is 19.4. The highest BCUT2D eigenvalue weighted by Crippen LogP contribution is 2.35. The van der Waals surface area contributed by atoms with Gasteiger partial charge >= 0.3 is 6.18 Å². The van der Waals surface area contributed by atoms with Crippen molar-refractivity contribution in [2.24, 2.45) is 0 Å². The summed E-state index contributed by atoms with van der Waals surface area (Å²) in [6, 6.07) is 8.73. The molecule has 0 unspecified atom stereocenters. The molecule has 0 aliphatic heterocycles. The van der Waals surface area contributed by atoms with Gasteiger partial charge in [-0.05, 0) is 44.2 Å². The maximum Gasteiger partial charge on any atom is 0.416 e.